The molecule has 2 unspecified atom stereocenters. The van der Waals surface area contributed by atoms with Gasteiger partial charge in [0.1, 0.15) is 11.7 Å². The molecule has 4 rings (SSSR count). The van der Waals surface area contributed by atoms with E-state index in [2.05, 4.69) is 9.88 Å². The third kappa shape index (κ3) is 2.69. The number of imidazole rings is 1. The molecular weight excluding hydrogens is 354 g/mol. The number of aromatic carboxylic acids is 1. The zero-order valence-electron chi connectivity index (χ0n) is 15.7. The lowest BCUT2D eigenvalue weighted by molar-refractivity contribution is 0.0690. The van der Waals surface area contributed by atoms with Gasteiger partial charge in [-0.1, -0.05) is 36.4 Å². The average Bonchev–Trinajstić information content (AvgIpc) is 3.13. The van der Waals surface area contributed by atoms with E-state index < -0.39 is 11.9 Å². The minimum atomic E-state index is -1.10. The number of carboxylic acid groups (broad SMARTS) is 1. The molecule has 0 radical (unpaired) electrons. The highest BCUT2D eigenvalue weighted by molar-refractivity contribution is 6.14. The van der Waals surface area contributed by atoms with Gasteiger partial charge in [0.15, 0.2) is 5.78 Å². The van der Waals surface area contributed by atoms with Gasteiger partial charge in [0.2, 0.25) is 0 Å². The van der Waals surface area contributed by atoms with Crippen molar-refractivity contribution in [2.45, 2.75) is 18.9 Å². The van der Waals surface area contributed by atoms with E-state index in [1.807, 2.05) is 54.9 Å². The van der Waals surface area contributed by atoms with Crippen LogP contribution in [-0.2, 0) is 7.05 Å². The van der Waals surface area contributed by atoms with E-state index in [0.717, 1.165) is 5.56 Å². The molecule has 0 saturated heterocycles. The van der Waals surface area contributed by atoms with E-state index in [1.54, 1.807) is 18.5 Å². The SMILES string of the molecule is CCN1c2cccc(C(=O)O)c2C(=O)C(c2nccn2C)C1c1ccccc1. The first-order valence-electron chi connectivity index (χ1n) is 9.24. The van der Waals surface area contributed by atoms with Crippen LogP contribution in [-0.4, -0.2) is 33.0 Å². The van der Waals surface area contributed by atoms with Crippen molar-refractivity contribution in [3.05, 3.63) is 83.4 Å². The topological polar surface area (TPSA) is 75.4 Å². The number of ketones is 1. The maximum Gasteiger partial charge on any atom is 0.336 e. The zero-order chi connectivity index (χ0) is 19.8. The summed E-state index contributed by atoms with van der Waals surface area (Å²) in [4.78, 5) is 32.1. The Labute approximate surface area is 163 Å². The maximum atomic E-state index is 13.7. The fourth-order valence-electron chi connectivity index (χ4n) is 4.17. The first kappa shape index (κ1) is 18.0. The van der Waals surface area contributed by atoms with Crippen molar-refractivity contribution in [2.24, 2.45) is 7.05 Å². The van der Waals surface area contributed by atoms with Crippen LogP contribution in [0.2, 0.25) is 0 Å². The molecule has 0 fully saturated rings. The summed E-state index contributed by atoms with van der Waals surface area (Å²) in [6.07, 6.45) is 3.47. The quantitative estimate of drug-likeness (QED) is 0.753. The highest BCUT2D eigenvalue weighted by Gasteiger charge is 2.45. The van der Waals surface area contributed by atoms with Crippen molar-refractivity contribution >= 4 is 17.4 Å². The molecular formula is C22H21N3O3. The average molecular weight is 375 g/mol. The molecule has 0 saturated carbocycles. The number of carbonyl (C=O) groups excluding carboxylic acids is 1. The van der Waals surface area contributed by atoms with Crippen LogP contribution in [0.15, 0.2) is 60.9 Å². The Morgan fingerprint density at radius 3 is 2.50 bits per heavy atom. The fraction of sp³-hybridized carbons (Fsp3) is 0.227. The monoisotopic (exact) mass is 375 g/mol. The molecule has 6 nitrogen and oxygen atoms in total. The summed E-state index contributed by atoms with van der Waals surface area (Å²) in [5, 5.41) is 9.68. The van der Waals surface area contributed by atoms with E-state index in [4.69, 9.17) is 0 Å². The Hall–Kier alpha value is -3.41. The number of rotatable bonds is 4. The summed E-state index contributed by atoms with van der Waals surface area (Å²) >= 11 is 0. The summed E-state index contributed by atoms with van der Waals surface area (Å²) in [7, 11) is 1.85. The predicted octanol–water partition coefficient (Wildman–Crippen LogP) is 3.67. The first-order chi connectivity index (χ1) is 13.5. The third-order valence-electron chi connectivity index (χ3n) is 5.38. The van der Waals surface area contributed by atoms with Crippen LogP contribution in [0.4, 0.5) is 5.69 Å². The van der Waals surface area contributed by atoms with Gasteiger partial charge in [-0.2, -0.15) is 0 Å². The molecule has 142 valence electrons. The molecule has 1 N–H and O–H groups in total. The molecule has 1 aliphatic rings. The largest absolute Gasteiger partial charge is 0.478 e. The van der Waals surface area contributed by atoms with E-state index in [0.29, 0.717) is 18.1 Å². The number of aryl methyl sites for hydroxylation is 1. The lowest BCUT2D eigenvalue weighted by atomic mass is 9.78. The van der Waals surface area contributed by atoms with Crippen LogP contribution in [0.1, 0.15) is 51.0 Å². The summed E-state index contributed by atoms with van der Waals surface area (Å²) in [6, 6.07) is 14.6. The number of likely N-dealkylation sites (N-methyl/N-ethyl adjacent to an activating group) is 1. The second kappa shape index (κ2) is 6.96. The molecule has 0 amide bonds. The van der Waals surface area contributed by atoms with Crippen LogP contribution in [0.3, 0.4) is 0 Å². The summed E-state index contributed by atoms with van der Waals surface area (Å²) < 4.78 is 1.83. The Balaban J connectivity index is 2.02. The predicted molar refractivity (Wildman–Crippen MR) is 106 cm³/mol. The molecule has 1 aromatic heterocycles. The number of fused-ring (bicyclic) bond motifs is 1. The molecule has 0 bridgehead atoms. The van der Waals surface area contributed by atoms with Crippen molar-refractivity contribution in [2.75, 3.05) is 11.4 Å². The van der Waals surface area contributed by atoms with Gasteiger partial charge in [0.05, 0.1) is 17.2 Å². The summed E-state index contributed by atoms with van der Waals surface area (Å²) in [6.45, 7) is 2.64. The van der Waals surface area contributed by atoms with Gasteiger partial charge >= 0.3 is 5.97 Å². The lowest BCUT2D eigenvalue weighted by Crippen LogP contribution is -2.42. The normalized spacial score (nSPS) is 18.8. The Morgan fingerprint density at radius 1 is 1.14 bits per heavy atom. The summed E-state index contributed by atoms with van der Waals surface area (Å²) in [5.41, 5.74) is 1.95. The van der Waals surface area contributed by atoms with Gasteiger partial charge in [0, 0.05) is 31.7 Å². The highest BCUT2D eigenvalue weighted by atomic mass is 16.4. The molecule has 2 atom stereocenters. The Kier molecular flexibility index (Phi) is 4.47. The number of aromatic nitrogens is 2. The molecule has 0 spiro atoms. The number of nitrogens with zero attached hydrogens (tertiary/aromatic N) is 3. The van der Waals surface area contributed by atoms with E-state index in [1.165, 1.54) is 6.07 Å². The molecule has 1 aliphatic heterocycles. The minimum absolute atomic E-state index is 0.0340. The minimum Gasteiger partial charge on any atom is -0.478 e. The van der Waals surface area contributed by atoms with Crippen molar-refractivity contribution in [1.29, 1.82) is 0 Å². The Morgan fingerprint density at radius 2 is 1.89 bits per heavy atom. The maximum absolute atomic E-state index is 13.7. The van der Waals surface area contributed by atoms with E-state index >= 15 is 0 Å². The highest BCUT2D eigenvalue weighted by Crippen LogP contribution is 2.46. The van der Waals surface area contributed by atoms with Gasteiger partial charge in [-0.05, 0) is 24.6 Å². The lowest BCUT2D eigenvalue weighted by Gasteiger charge is -2.42. The van der Waals surface area contributed by atoms with Gasteiger partial charge < -0.3 is 14.6 Å². The number of carbonyl (C=O) groups is 2. The molecule has 2 heterocycles. The second-order valence-electron chi connectivity index (χ2n) is 6.88. The molecule has 0 aliphatic carbocycles. The zero-order valence-corrected chi connectivity index (χ0v) is 15.7. The number of hydrogen-bond donors (Lipinski definition) is 1. The van der Waals surface area contributed by atoms with Gasteiger partial charge in [-0.15, -0.1) is 0 Å². The van der Waals surface area contributed by atoms with Crippen molar-refractivity contribution in [3.63, 3.8) is 0 Å². The molecule has 3 aromatic rings. The van der Waals surface area contributed by atoms with Crippen LogP contribution >= 0.6 is 0 Å². The number of anilines is 1. The molecule has 6 heteroatoms. The standard InChI is InChI=1S/C22H21N3O3/c1-3-25-16-11-7-10-15(22(27)28)17(16)20(26)18(21-23-12-13-24(21)2)19(25)14-8-5-4-6-9-14/h4-13,18-19H,3H2,1-2H3,(H,27,28). The number of benzene rings is 2. The van der Waals surface area contributed by atoms with Crippen LogP contribution in [0.5, 0.6) is 0 Å². The molecule has 28 heavy (non-hydrogen) atoms. The van der Waals surface area contributed by atoms with Crippen LogP contribution in [0, 0.1) is 0 Å². The van der Waals surface area contributed by atoms with Gasteiger partial charge in [-0.25, -0.2) is 9.78 Å². The third-order valence-corrected chi connectivity index (χ3v) is 5.38. The van der Waals surface area contributed by atoms with E-state index in [9.17, 15) is 14.7 Å². The smallest absolute Gasteiger partial charge is 0.336 e. The van der Waals surface area contributed by atoms with Crippen LogP contribution in [0.25, 0.3) is 0 Å². The van der Waals surface area contributed by atoms with E-state index in [-0.39, 0.29) is 23.0 Å². The Bertz CT molecular complexity index is 1040. The summed E-state index contributed by atoms with van der Waals surface area (Å²) in [5.74, 6) is -1.28. The molecule has 2 aromatic carbocycles. The fourth-order valence-corrected chi connectivity index (χ4v) is 4.17. The van der Waals surface area contributed by atoms with Crippen LogP contribution < -0.4 is 4.90 Å². The first-order valence-corrected chi connectivity index (χ1v) is 9.24. The van der Waals surface area contributed by atoms with Crippen molar-refractivity contribution < 1.29 is 14.7 Å². The van der Waals surface area contributed by atoms with Gasteiger partial charge in [-0.3, -0.25) is 4.79 Å². The number of hydrogen-bond acceptors (Lipinski definition) is 4. The van der Waals surface area contributed by atoms with Crippen molar-refractivity contribution in [3.8, 4) is 0 Å². The number of carboxylic acids is 1. The van der Waals surface area contributed by atoms with Crippen molar-refractivity contribution in [1.82, 2.24) is 9.55 Å². The second-order valence-corrected chi connectivity index (χ2v) is 6.88. The number of Topliss-reactive ketones (excluding diaryl/α,β-unsaturated/α-hetero) is 1. The van der Waals surface area contributed by atoms with Gasteiger partial charge in [0.25, 0.3) is 0 Å².